The number of likely N-dealkylation sites (tertiary alicyclic amines) is 1. The van der Waals surface area contributed by atoms with E-state index >= 15 is 0 Å². The molecule has 136 valence electrons. The number of amides is 1. The average molecular weight is 392 g/mol. The van der Waals surface area contributed by atoms with E-state index in [0.29, 0.717) is 15.7 Å². The molecule has 1 aliphatic rings. The SMILES string of the molecule is O=C(NC1CCN(C(=S)Nc2ccc(Cl)cc2)CC1)c1ccc(F)cc1. The lowest BCUT2D eigenvalue weighted by atomic mass is 10.0. The fourth-order valence-electron chi connectivity index (χ4n) is 2.83. The summed E-state index contributed by atoms with van der Waals surface area (Å²) in [5, 5.41) is 7.55. The van der Waals surface area contributed by atoms with Gasteiger partial charge in [-0.2, -0.15) is 0 Å². The molecule has 0 unspecified atom stereocenters. The van der Waals surface area contributed by atoms with Crippen LogP contribution in [0.1, 0.15) is 23.2 Å². The molecular formula is C19H19ClFN3OS. The van der Waals surface area contributed by atoms with Crippen LogP contribution >= 0.6 is 23.8 Å². The third kappa shape index (κ3) is 4.93. The van der Waals surface area contributed by atoms with Crippen LogP contribution in [-0.4, -0.2) is 35.1 Å². The van der Waals surface area contributed by atoms with Gasteiger partial charge in [0.25, 0.3) is 5.91 Å². The van der Waals surface area contributed by atoms with Crippen LogP contribution in [0.2, 0.25) is 5.02 Å². The van der Waals surface area contributed by atoms with Crippen LogP contribution in [0.3, 0.4) is 0 Å². The summed E-state index contributed by atoms with van der Waals surface area (Å²) in [5.41, 5.74) is 1.36. The van der Waals surface area contributed by atoms with Gasteiger partial charge in [0.05, 0.1) is 0 Å². The van der Waals surface area contributed by atoms with Gasteiger partial charge in [-0.05, 0) is 73.6 Å². The molecule has 0 radical (unpaired) electrons. The van der Waals surface area contributed by atoms with Crippen LogP contribution in [-0.2, 0) is 0 Å². The first-order valence-corrected chi connectivity index (χ1v) is 9.18. The van der Waals surface area contributed by atoms with E-state index in [1.54, 1.807) is 0 Å². The minimum Gasteiger partial charge on any atom is -0.349 e. The lowest BCUT2D eigenvalue weighted by molar-refractivity contribution is 0.0922. The summed E-state index contributed by atoms with van der Waals surface area (Å²) in [4.78, 5) is 14.3. The Labute approximate surface area is 162 Å². The van der Waals surface area contributed by atoms with E-state index in [9.17, 15) is 9.18 Å². The number of hydrogen-bond donors (Lipinski definition) is 2. The van der Waals surface area contributed by atoms with Crippen LogP contribution in [0.5, 0.6) is 0 Å². The van der Waals surface area contributed by atoms with Crippen LogP contribution in [0, 0.1) is 5.82 Å². The number of piperidine rings is 1. The second-order valence-corrected chi connectivity index (χ2v) is 7.00. The molecule has 7 heteroatoms. The standard InChI is InChI=1S/C19H19ClFN3OS/c20-14-3-7-16(8-4-14)23-19(26)24-11-9-17(10-12-24)22-18(25)13-1-5-15(21)6-2-13/h1-8,17H,9-12H2,(H,22,25)(H,23,26). The molecule has 0 spiro atoms. The minimum absolute atomic E-state index is 0.0853. The maximum Gasteiger partial charge on any atom is 0.251 e. The third-order valence-corrected chi connectivity index (χ3v) is 4.93. The number of nitrogens with one attached hydrogen (secondary N) is 2. The molecule has 4 nitrogen and oxygen atoms in total. The molecule has 0 bridgehead atoms. The molecule has 1 fully saturated rings. The van der Waals surface area contributed by atoms with Gasteiger partial charge in [-0.1, -0.05) is 11.6 Å². The molecule has 3 rings (SSSR count). The van der Waals surface area contributed by atoms with E-state index in [1.807, 2.05) is 24.3 Å². The molecule has 1 amide bonds. The van der Waals surface area contributed by atoms with E-state index < -0.39 is 0 Å². The summed E-state index contributed by atoms with van der Waals surface area (Å²) >= 11 is 11.3. The second kappa shape index (κ2) is 8.47. The Morgan fingerprint density at radius 3 is 2.31 bits per heavy atom. The zero-order valence-corrected chi connectivity index (χ0v) is 15.6. The van der Waals surface area contributed by atoms with E-state index in [-0.39, 0.29) is 17.8 Å². The molecule has 2 N–H and O–H groups in total. The minimum atomic E-state index is -0.350. The van der Waals surface area contributed by atoms with E-state index in [4.69, 9.17) is 23.8 Å². The number of nitrogens with zero attached hydrogens (tertiary/aromatic N) is 1. The van der Waals surface area contributed by atoms with Crippen LogP contribution in [0.4, 0.5) is 10.1 Å². The molecule has 1 aliphatic heterocycles. The molecule has 0 aromatic heterocycles. The second-order valence-electron chi connectivity index (χ2n) is 6.18. The number of thiocarbonyl (C=S) groups is 1. The predicted octanol–water partition coefficient (Wildman–Crippen LogP) is 4.07. The smallest absolute Gasteiger partial charge is 0.251 e. The van der Waals surface area contributed by atoms with Gasteiger partial charge < -0.3 is 15.5 Å². The van der Waals surface area contributed by atoms with Gasteiger partial charge in [0.2, 0.25) is 0 Å². The Hall–Kier alpha value is -2.18. The van der Waals surface area contributed by atoms with Crippen molar-refractivity contribution in [1.29, 1.82) is 0 Å². The zero-order chi connectivity index (χ0) is 18.5. The van der Waals surface area contributed by atoms with Crippen molar-refractivity contribution in [3.63, 3.8) is 0 Å². The Morgan fingerprint density at radius 2 is 1.69 bits per heavy atom. The fourth-order valence-corrected chi connectivity index (χ4v) is 3.26. The van der Waals surface area contributed by atoms with Crippen molar-refractivity contribution in [2.24, 2.45) is 0 Å². The van der Waals surface area contributed by atoms with Crippen molar-refractivity contribution < 1.29 is 9.18 Å². The van der Waals surface area contributed by atoms with Gasteiger partial charge in [0.15, 0.2) is 5.11 Å². The predicted molar refractivity (Wildman–Crippen MR) is 106 cm³/mol. The average Bonchev–Trinajstić information content (AvgIpc) is 2.64. The molecule has 2 aromatic carbocycles. The molecule has 2 aromatic rings. The zero-order valence-electron chi connectivity index (χ0n) is 14.0. The van der Waals surface area contributed by atoms with Crippen molar-refractivity contribution in [3.05, 3.63) is 64.9 Å². The van der Waals surface area contributed by atoms with Crippen molar-refractivity contribution in [2.75, 3.05) is 18.4 Å². The highest BCUT2D eigenvalue weighted by atomic mass is 35.5. The number of carbonyl (C=O) groups is 1. The Morgan fingerprint density at radius 1 is 1.08 bits per heavy atom. The summed E-state index contributed by atoms with van der Waals surface area (Å²) in [6, 6.07) is 13.0. The lowest BCUT2D eigenvalue weighted by Crippen LogP contribution is -2.47. The van der Waals surface area contributed by atoms with E-state index in [2.05, 4.69) is 15.5 Å². The largest absolute Gasteiger partial charge is 0.349 e. The maximum absolute atomic E-state index is 12.9. The normalized spacial score (nSPS) is 14.8. The van der Waals surface area contributed by atoms with Crippen LogP contribution < -0.4 is 10.6 Å². The monoisotopic (exact) mass is 391 g/mol. The van der Waals surface area contributed by atoms with Crippen molar-refractivity contribution in [2.45, 2.75) is 18.9 Å². The summed E-state index contributed by atoms with van der Waals surface area (Å²) in [6.45, 7) is 1.52. The molecule has 0 aliphatic carbocycles. The van der Waals surface area contributed by atoms with Gasteiger partial charge in [-0.25, -0.2) is 4.39 Å². The summed E-state index contributed by atoms with van der Waals surface area (Å²) < 4.78 is 12.9. The lowest BCUT2D eigenvalue weighted by Gasteiger charge is -2.34. The molecule has 0 saturated carbocycles. The van der Waals surface area contributed by atoms with Crippen molar-refractivity contribution >= 4 is 40.5 Å². The van der Waals surface area contributed by atoms with Gasteiger partial charge in [0, 0.05) is 35.4 Å². The van der Waals surface area contributed by atoms with Gasteiger partial charge in [-0.15, -0.1) is 0 Å². The Balaban J connectivity index is 1.47. The first-order valence-electron chi connectivity index (χ1n) is 8.39. The number of carbonyl (C=O) groups excluding carboxylic acids is 1. The number of rotatable bonds is 3. The number of hydrogen-bond acceptors (Lipinski definition) is 2. The summed E-state index contributed by atoms with van der Waals surface area (Å²) in [7, 11) is 0. The highest BCUT2D eigenvalue weighted by molar-refractivity contribution is 7.80. The highest BCUT2D eigenvalue weighted by Crippen LogP contribution is 2.16. The van der Waals surface area contributed by atoms with Crippen molar-refractivity contribution in [3.8, 4) is 0 Å². The fraction of sp³-hybridized carbons (Fsp3) is 0.263. The molecule has 0 atom stereocenters. The molecule has 1 saturated heterocycles. The molecule has 26 heavy (non-hydrogen) atoms. The van der Waals surface area contributed by atoms with Crippen LogP contribution in [0.25, 0.3) is 0 Å². The molecular weight excluding hydrogens is 373 g/mol. The van der Waals surface area contributed by atoms with Gasteiger partial charge >= 0.3 is 0 Å². The Kier molecular flexibility index (Phi) is 6.06. The topological polar surface area (TPSA) is 44.4 Å². The maximum atomic E-state index is 12.9. The number of halogens is 2. The highest BCUT2D eigenvalue weighted by Gasteiger charge is 2.22. The number of anilines is 1. The van der Waals surface area contributed by atoms with Gasteiger partial charge in [-0.3, -0.25) is 4.79 Å². The van der Waals surface area contributed by atoms with E-state index in [0.717, 1.165) is 31.6 Å². The third-order valence-electron chi connectivity index (χ3n) is 4.32. The van der Waals surface area contributed by atoms with Gasteiger partial charge in [0.1, 0.15) is 5.82 Å². The summed E-state index contributed by atoms with van der Waals surface area (Å²) in [6.07, 6.45) is 1.60. The molecule has 1 heterocycles. The van der Waals surface area contributed by atoms with Crippen LogP contribution in [0.15, 0.2) is 48.5 Å². The Bertz CT molecular complexity index is 774. The van der Waals surface area contributed by atoms with Crippen molar-refractivity contribution in [1.82, 2.24) is 10.2 Å². The van der Waals surface area contributed by atoms with E-state index in [1.165, 1.54) is 24.3 Å². The first kappa shape index (κ1) is 18.6. The first-order chi connectivity index (χ1) is 12.5. The number of benzene rings is 2. The quantitative estimate of drug-likeness (QED) is 0.774. The summed E-state index contributed by atoms with van der Waals surface area (Å²) in [5.74, 6) is -0.526.